The lowest BCUT2D eigenvalue weighted by Gasteiger charge is -2.29. The maximum atomic E-state index is 12.8. The normalized spacial score (nSPS) is 11.0. The molecule has 3 rings (SSSR count). The van der Waals surface area contributed by atoms with E-state index in [0.717, 1.165) is 54.1 Å². The number of rotatable bonds is 9. The molecule has 0 aliphatic carbocycles. The maximum Gasteiger partial charge on any atom is 0.253 e. The van der Waals surface area contributed by atoms with Gasteiger partial charge in [-0.25, -0.2) is 0 Å². The predicted octanol–water partition coefficient (Wildman–Crippen LogP) is 4.39. The highest BCUT2D eigenvalue weighted by atomic mass is 32.1. The topological polar surface area (TPSA) is 60.6 Å². The van der Waals surface area contributed by atoms with Crippen LogP contribution in [-0.2, 0) is 6.54 Å². The molecular weight excluding hydrogens is 420 g/mol. The second-order valence-corrected chi connectivity index (χ2v) is 8.21. The fourth-order valence-corrected chi connectivity index (χ4v) is 3.90. The van der Waals surface area contributed by atoms with E-state index in [1.54, 1.807) is 7.11 Å². The lowest BCUT2D eigenvalue weighted by atomic mass is 10.1. The van der Waals surface area contributed by atoms with Gasteiger partial charge >= 0.3 is 0 Å². The van der Waals surface area contributed by atoms with Crippen molar-refractivity contribution in [3.63, 3.8) is 0 Å². The third kappa shape index (κ3) is 6.08. The molecule has 1 aromatic heterocycles. The van der Waals surface area contributed by atoms with Gasteiger partial charge in [0, 0.05) is 29.9 Å². The van der Waals surface area contributed by atoms with Crippen LogP contribution in [0.2, 0.25) is 0 Å². The molecule has 2 N–H and O–H groups in total. The van der Waals surface area contributed by atoms with Crippen LogP contribution in [0.25, 0.3) is 10.9 Å². The van der Waals surface area contributed by atoms with E-state index in [1.165, 1.54) is 0 Å². The SMILES string of the molecule is CCN(CC)CCN(Cc1cc2cc(C)ccc2[nH]c1=O)C(=S)Nc1ccc(OC)cc1. The third-order valence-electron chi connectivity index (χ3n) is 5.65. The molecule has 32 heavy (non-hydrogen) atoms. The van der Waals surface area contributed by atoms with E-state index in [0.29, 0.717) is 17.2 Å². The lowest BCUT2D eigenvalue weighted by molar-refractivity contribution is 0.266. The minimum atomic E-state index is -0.0820. The number of methoxy groups -OCH3 is 1. The van der Waals surface area contributed by atoms with E-state index in [2.05, 4.69) is 46.9 Å². The number of ether oxygens (including phenoxy) is 1. The Morgan fingerprint density at radius 2 is 1.78 bits per heavy atom. The number of anilines is 1. The van der Waals surface area contributed by atoms with Crippen LogP contribution in [0, 0.1) is 6.92 Å². The molecule has 0 amide bonds. The molecule has 0 aliphatic heterocycles. The number of fused-ring (bicyclic) bond motifs is 1. The van der Waals surface area contributed by atoms with Crippen molar-refractivity contribution in [1.29, 1.82) is 0 Å². The molecule has 0 fully saturated rings. The Labute approximate surface area is 195 Å². The third-order valence-corrected chi connectivity index (χ3v) is 6.01. The van der Waals surface area contributed by atoms with Crippen LogP contribution in [0.3, 0.4) is 0 Å². The van der Waals surface area contributed by atoms with Gasteiger partial charge in [-0.05, 0) is 80.1 Å². The van der Waals surface area contributed by atoms with Gasteiger partial charge in [0.15, 0.2) is 5.11 Å². The van der Waals surface area contributed by atoms with Gasteiger partial charge in [0.25, 0.3) is 5.56 Å². The summed E-state index contributed by atoms with van der Waals surface area (Å²) in [6.07, 6.45) is 0. The number of benzene rings is 2. The number of likely N-dealkylation sites (N-methyl/N-ethyl adjacent to an activating group) is 1. The zero-order valence-electron chi connectivity index (χ0n) is 19.3. The molecule has 7 heteroatoms. The summed E-state index contributed by atoms with van der Waals surface area (Å²) in [7, 11) is 1.64. The molecule has 0 atom stereocenters. The maximum absolute atomic E-state index is 12.8. The van der Waals surface area contributed by atoms with E-state index in [-0.39, 0.29) is 5.56 Å². The van der Waals surface area contributed by atoms with E-state index in [4.69, 9.17) is 17.0 Å². The largest absolute Gasteiger partial charge is 0.497 e. The van der Waals surface area contributed by atoms with Gasteiger partial charge in [0.05, 0.1) is 13.7 Å². The van der Waals surface area contributed by atoms with Crippen LogP contribution in [0.4, 0.5) is 5.69 Å². The smallest absolute Gasteiger partial charge is 0.253 e. The Hall–Kier alpha value is -2.90. The molecule has 0 radical (unpaired) electrons. The molecule has 0 spiro atoms. The van der Waals surface area contributed by atoms with E-state index in [9.17, 15) is 4.79 Å². The first-order valence-electron chi connectivity index (χ1n) is 11.0. The quantitative estimate of drug-likeness (QED) is 0.470. The molecule has 0 bridgehead atoms. The summed E-state index contributed by atoms with van der Waals surface area (Å²) in [6, 6.07) is 15.7. The van der Waals surface area contributed by atoms with Crippen LogP contribution in [-0.4, -0.2) is 53.2 Å². The highest BCUT2D eigenvalue weighted by Crippen LogP contribution is 2.17. The van der Waals surface area contributed by atoms with E-state index < -0.39 is 0 Å². The number of pyridine rings is 1. The first-order chi connectivity index (χ1) is 15.4. The van der Waals surface area contributed by atoms with Crippen molar-refractivity contribution in [3.05, 3.63) is 70.0 Å². The average molecular weight is 453 g/mol. The summed E-state index contributed by atoms with van der Waals surface area (Å²) in [5.74, 6) is 0.790. The molecule has 1 heterocycles. The van der Waals surface area contributed by atoms with Crippen molar-refractivity contribution in [2.45, 2.75) is 27.3 Å². The van der Waals surface area contributed by atoms with Crippen LogP contribution < -0.4 is 15.6 Å². The summed E-state index contributed by atoms with van der Waals surface area (Å²) in [5.41, 5.74) is 3.50. The fraction of sp³-hybridized carbons (Fsp3) is 0.360. The van der Waals surface area contributed by atoms with Crippen molar-refractivity contribution in [1.82, 2.24) is 14.8 Å². The Morgan fingerprint density at radius 1 is 1.06 bits per heavy atom. The number of H-pyrrole nitrogens is 1. The minimum Gasteiger partial charge on any atom is -0.497 e. The summed E-state index contributed by atoms with van der Waals surface area (Å²) in [4.78, 5) is 20.2. The summed E-state index contributed by atoms with van der Waals surface area (Å²) in [5, 5.41) is 4.92. The Morgan fingerprint density at radius 3 is 2.44 bits per heavy atom. The molecule has 2 aromatic carbocycles. The summed E-state index contributed by atoms with van der Waals surface area (Å²) < 4.78 is 5.23. The number of aryl methyl sites for hydroxylation is 1. The molecule has 3 aromatic rings. The molecule has 6 nitrogen and oxygen atoms in total. The highest BCUT2D eigenvalue weighted by Gasteiger charge is 2.15. The second-order valence-electron chi connectivity index (χ2n) is 7.82. The lowest BCUT2D eigenvalue weighted by Crippen LogP contribution is -2.41. The summed E-state index contributed by atoms with van der Waals surface area (Å²) >= 11 is 5.76. The number of aromatic amines is 1. The Kier molecular flexibility index (Phi) is 8.25. The monoisotopic (exact) mass is 452 g/mol. The van der Waals surface area contributed by atoms with Gasteiger partial charge in [-0.1, -0.05) is 25.5 Å². The number of hydrogen-bond donors (Lipinski definition) is 2. The molecule has 0 saturated heterocycles. The van der Waals surface area contributed by atoms with Gasteiger partial charge in [0.1, 0.15) is 5.75 Å². The number of aromatic nitrogens is 1. The van der Waals surface area contributed by atoms with Crippen molar-refractivity contribution in [2.24, 2.45) is 0 Å². The van der Waals surface area contributed by atoms with Crippen molar-refractivity contribution in [2.75, 3.05) is 38.6 Å². The number of hydrogen-bond acceptors (Lipinski definition) is 4. The first kappa shape index (κ1) is 23.8. The predicted molar refractivity (Wildman–Crippen MR) is 137 cm³/mol. The van der Waals surface area contributed by atoms with Gasteiger partial charge in [-0.15, -0.1) is 0 Å². The first-order valence-corrected chi connectivity index (χ1v) is 11.4. The highest BCUT2D eigenvalue weighted by molar-refractivity contribution is 7.80. The zero-order chi connectivity index (χ0) is 23.1. The Bertz CT molecular complexity index is 1110. The van der Waals surface area contributed by atoms with Gasteiger partial charge in [-0.2, -0.15) is 0 Å². The van der Waals surface area contributed by atoms with Crippen LogP contribution in [0.15, 0.2) is 53.3 Å². The molecule has 0 unspecified atom stereocenters. The summed E-state index contributed by atoms with van der Waals surface area (Å²) in [6.45, 7) is 10.3. The van der Waals surface area contributed by atoms with Crippen molar-refractivity contribution in [3.8, 4) is 5.75 Å². The van der Waals surface area contributed by atoms with Gasteiger partial charge in [0.2, 0.25) is 0 Å². The van der Waals surface area contributed by atoms with Crippen molar-refractivity contribution < 1.29 is 4.74 Å². The van der Waals surface area contributed by atoms with Crippen LogP contribution in [0.1, 0.15) is 25.0 Å². The molecule has 0 saturated carbocycles. The average Bonchev–Trinajstić information content (AvgIpc) is 2.79. The fourth-order valence-electron chi connectivity index (χ4n) is 3.63. The molecule has 170 valence electrons. The molecule has 0 aliphatic rings. The number of nitrogens with zero attached hydrogens (tertiary/aromatic N) is 2. The van der Waals surface area contributed by atoms with E-state index >= 15 is 0 Å². The van der Waals surface area contributed by atoms with Crippen LogP contribution in [0.5, 0.6) is 5.75 Å². The molecular formula is C25H32N4O2S. The van der Waals surface area contributed by atoms with Crippen molar-refractivity contribution >= 4 is 33.9 Å². The van der Waals surface area contributed by atoms with Gasteiger partial charge in [-0.3, -0.25) is 4.79 Å². The standard InChI is InChI=1S/C25H32N4O2S/c1-5-28(6-2)13-14-29(25(32)26-21-8-10-22(31-4)11-9-21)17-20-16-19-15-18(3)7-12-23(19)27-24(20)30/h7-12,15-16H,5-6,13-14,17H2,1-4H3,(H,26,32)(H,27,30). The number of thiocarbonyl (C=S) groups is 1. The van der Waals surface area contributed by atoms with Crippen LogP contribution >= 0.6 is 12.2 Å². The Balaban J connectivity index is 1.84. The second kappa shape index (κ2) is 11.1. The van der Waals surface area contributed by atoms with Gasteiger partial charge < -0.3 is 24.8 Å². The minimum absolute atomic E-state index is 0.0820. The zero-order valence-corrected chi connectivity index (χ0v) is 20.1. The number of nitrogens with one attached hydrogen (secondary N) is 2. The van der Waals surface area contributed by atoms with E-state index in [1.807, 2.05) is 42.5 Å².